The summed E-state index contributed by atoms with van der Waals surface area (Å²) >= 11 is 0. The maximum absolute atomic E-state index is 10.9. The van der Waals surface area contributed by atoms with Crippen LogP contribution in [0.5, 0.6) is 0 Å². The molecule has 0 spiro atoms. The van der Waals surface area contributed by atoms with Crippen molar-refractivity contribution in [2.45, 2.75) is 32.2 Å². The third-order valence-electron chi connectivity index (χ3n) is 3.16. The van der Waals surface area contributed by atoms with Crippen molar-refractivity contribution in [1.29, 1.82) is 0 Å². The van der Waals surface area contributed by atoms with Gasteiger partial charge >= 0.3 is 0 Å². The van der Waals surface area contributed by atoms with E-state index in [2.05, 4.69) is 11.8 Å². The van der Waals surface area contributed by atoms with E-state index < -0.39 is 0 Å². The molecule has 82 valence electrons. The van der Waals surface area contributed by atoms with Gasteiger partial charge in [0.25, 0.3) is 0 Å². The molecule has 0 bridgehead atoms. The summed E-state index contributed by atoms with van der Waals surface area (Å²) in [6.07, 6.45) is 3.57. The van der Waals surface area contributed by atoms with Crippen LogP contribution in [0.4, 0.5) is 0 Å². The number of carbonyl (C=O) groups is 1. The Morgan fingerprint density at radius 1 is 1.50 bits per heavy atom. The molecule has 0 aliphatic heterocycles. The van der Waals surface area contributed by atoms with Crippen molar-refractivity contribution in [2.24, 2.45) is 17.4 Å². The Balaban J connectivity index is 2.54. The number of likely N-dealkylation sites (N-methyl/N-ethyl adjacent to an activating group) is 1. The van der Waals surface area contributed by atoms with Crippen LogP contribution in [0.1, 0.15) is 26.2 Å². The van der Waals surface area contributed by atoms with Crippen molar-refractivity contribution < 1.29 is 4.79 Å². The van der Waals surface area contributed by atoms with E-state index in [1.54, 1.807) is 0 Å². The molecule has 1 amide bonds. The summed E-state index contributed by atoms with van der Waals surface area (Å²) in [5.41, 5.74) is 10.9. The van der Waals surface area contributed by atoms with Crippen molar-refractivity contribution >= 4 is 5.91 Å². The second kappa shape index (κ2) is 5.32. The van der Waals surface area contributed by atoms with E-state index in [0.717, 1.165) is 19.5 Å². The number of hydrogen-bond donors (Lipinski definition) is 2. The predicted molar refractivity (Wildman–Crippen MR) is 56.6 cm³/mol. The Labute approximate surface area is 85.6 Å². The first-order valence-electron chi connectivity index (χ1n) is 5.41. The molecule has 0 saturated heterocycles. The highest BCUT2D eigenvalue weighted by atomic mass is 16.1. The lowest BCUT2D eigenvalue weighted by molar-refractivity contribution is -0.119. The fourth-order valence-electron chi connectivity index (χ4n) is 2.44. The minimum absolute atomic E-state index is 0.241. The number of rotatable bonds is 5. The first-order valence-corrected chi connectivity index (χ1v) is 5.41. The van der Waals surface area contributed by atoms with Gasteiger partial charge in [-0.15, -0.1) is 0 Å². The molecule has 0 heterocycles. The summed E-state index contributed by atoms with van der Waals surface area (Å²) in [6.45, 7) is 4.04. The van der Waals surface area contributed by atoms with Crippen LogP contribution in [0.2, 0.25) is 0 Å². The van der Waals surface area contributed by atoms with Gasteiger partial charge in [-0.3, -0.25) is 9.69 Å². The third-order valence-corrected chi connectivity index (χ3v) is 3.16. The molecule has 4 N–H and O–H groups in total. The molecule has 1 saturated carbocycles. The molecule has 1 aliphatic rings. The lowest BCUT2D eigenvalue weighted by Gasteiger charge is -2.30. The van der Waals surface area contributed by atoms with Crippen molar-refractivity contribution in [3.63, 3.8) is 0 Å². The predicted octanol–water partition coefficient (Wildman–Crippen LogP) is -0.0790. The summed E-state index contributed by atoms with van der Waals surface area (Å²) in [4.78, 5) is 13.0. The Hall–Kier alpha value is -0.610. The van der Waals surface area contributed by atoms with Crippen LogP contribution < -0.4 is 11.5 Å². The largest absolute Gasteiger partial charge is 0.369 e. The van der Waals surface area contributed by atoms with Crippen LogP contribution in [0.25, 0.3) is 0 Å². The topological polar surface area (TPSA) is 72.3 Å². The molecule has 4 heteroatoms. The molecule has 2 atom stereocenters. The molecule has 1 aliphatic carbocycles. The van der Waals surface area contributed by atoms with Gasteiger partial charge in [0.2, 0.25) is 5.91 Å². The maximum atomic E-state index is 10.9. The SMILES string of the molecule is CCN(CC(N)=O)C1CCCC1CN. The van der Waals surface area contributed by atoms with E-state index in [0.29, 0.717) is 18.5 Å². The van der Waals surface area contributed by atoms with Gasteiger partial charge in [0, 0.05) is 6.04 Å². The Morgan fingerprint density at radius 2 is 2.21 bits per heavy atom. The summed E-state index contributed by atoms with van der Waals surface area (Å²) in [5.74, 6) is 0.309. The summed E-state index contributed by atoms with van der Waals surface area (Å²) in [5, 5.41) is 0. The average Bonchev–Trinajstić information content (AvgIpc) is 2.61. The highest BCUT2D eigenvalue weighted by molar-refractivity contribution is 5.75. The Morgan fingerprint density at radius 3 is 2.71 bits per heavy atom. The van der Waals surface area contributed by atoms with Crippen LogP contribution in [-0.2, 0) is 4.79 Å². The van der Waals surface area contributed by atoms with Gasteiger partial charge in [0.15, 0.2) is 0 Å². The zero-order valence-electron chi connectivity index (χ0n) is 8.91. The first kappa shape index (κ1) is 11.5. The molecule has 2 unspecified atom stereocenters. The quantitative estimate of drug-likeness (QED) is 0.650. The van der Waals surface area contributed by atoms with Gasteiger partial charge in [-0.25, -0.2) is 0 Å². The van der Waals surface area contributed by atoms with Gasteiger partial charge in [-0.05, 0) is 31.8 Å². The van der Waals surface area contributed by atoms with Gasteiger partial charge in [0.05, 0.1) is 6.54 Å². The molecule has 0 aromatic carbocycles. The number of amides is 1. The smallest absolute Gasteiger partial charge is 0.231 e. The van der Waals surface area contributed by atoms with E-state index in [-0.39, 0.29) is 5.91 Å². The van der Waals surface area contributed by atoms with Crippen molar-refractivity contribution in [3.05, 3.63) is 0 Å². The number of nitrogens with two attached hydrogens (primary N) is 2. The standard InChI is InChI=1S/C10H21N3O/c1-2-13(7-10(12)14)9-5-3-4-8(9)6-11/h8-9H,2-7,11H2,1H3,(H2,12,14). The van der Waals surface area contributed by atoms with Gasteiger partial charge in [-0.1, -0.05) is 13.3 Å². The first-order chi connectivity index (χ1) is 6.69. The monoisotopic (exact) mass is 199 g/mol. The van der Waals surface area contributed by atoms with Crippen LogP contribution in [0, 0.1) is 5.92 Å². The average molecular weight is 199 g/mol. The van der Waals surface area contributed by atoms with Crippen molar-refractivity contribution in [3.8, 4) is 0 Å². The lowest BCUT2D eigenvalue weighted by atomic mass is 10.0. The van der Waals surface area contributed by atoms with E-state index in [1.165, 1.54) is 12.8 Å². The molecule has 1 fully saturated rings. The summed E-state index contributed by atoms with van der Waals surface area (Å²) in [7, 11) is 0. The molecule has 0 radical (unpaired) electrons. The van der Waals surface area contributed by atoms with Crippen LogP contribution in [0.15, 0.2) is 0 Å². The normalized spacial score (nSPS) is 27.1. The number of carbonyl (C=O) groups excluding carboxylic acids is 1. The summed E-state index contributed by atoms with van der Waals surface area (Å²) in [6, 6.07) is 0.470. The number of nitrogens with zero attached hydrogens (tertiary/aromatic N) is 1. The summed E-state index contributed by atoms with van der Waals surface area (Å²) < 4.78 is 0. The number of hydrogen-bond acceptors (Lipinski definition) is 3. The van der Waals surface area contributed by atoms with Gasteiger partial charge < -0.3 is 11.5 Å². The lowest BCUT2D eigenvalue weighted by Crippen LogP contribution is -2.44. The molecule has 4 nitrogen and oxygen atoms in total. The Bertz CT molecular complexity index is 196. The molecule has 0 aromatic rings. The van der Waals surface area contributed by atoms with Crippen molar-refractivity contribution in [1.82, 2.24) is 4.90 Å². The van der Waals surface area contributed by atoms with E-state index in [9.17, 15) is 4.79 Å². The maximum Gasteiger partial charge on any atom is 0.231 e. The van der Waals surface area contributed by atoms with E-state index >= 15 is 0 Å². The van der Waals surface area contributed by atoms with Crippen LogP contribution >= 0.6 is 0 Å². The third kappa shape index (κ3) is 2.69. The highest BCUT2D eigenvalue weighted by Crippen LogP contribution is 2.28. The zero-order chi connectivity index (χ0) is 10.6. The van der Waals surface area contributed by atoms with Crippen LogP contribution in [0.3, 0.4) is 0 Å². The molecular weight excluding hydrogens is 178 g/mol. The second-order valence-electron chi connectivity index (χ2n) is 4.02. The van der Waals surface area contributed by atoms with E-state index in [1.807, 2.05) is 0 Å². The highest BCUT2D eigenvalue weighted by Gasteiger charge is 2.30. The fourth-order valence-corrected chi connectivity index (χ4v) is 2.44. The molecule has 1 rings (SSSR count). The number of primary amides is 1. The Kier molecular flexibility index (Phi) is 4.35. The zero-order valence-corrected chi connectivity index (χ0v) is 8.91. The molecule has 0 aromatic heterocycles. The second-order valence-corrected chi connectivity index (χ2v) is 4.02. The molecular formula is C10H21N3O. The van der Waals surface area contributed by atoms with Crippen LogP contribution in [-0.4, -0.2) is 36.5 Å². The fraction of sp³-hybridized carbons (Fsp3) is 0.900. The van der Waals surface area contributed by atoms with Gasteiger partial charge in [-0.2, -0.15) is 0 Å². The minimum atomic E-state index is -0.241. The van der Waals surface area contributed by atoms with E-state index in [4.69, 9.17) is 11.5 Å². The minimum Gasteiger partial charge on any atom is -0.369 e. The van der Waals surface area contributed by atoms with Crippen molar-refractivity contribution in [2.75, 3.05) is 19.6 Å². The molecule has 14 heavy (non-hydrogen) atoms. The van der Waals surface area contributed by atoms with Gasteiger partial charge in [0.1, 0.15) is 0 Å².